The van der Waals surface area contributed by atoms with Crippen molar-refractivity contribution in [1.82, 2.24) is 4.90 Å². The van der Waals surface area contributed by atoms with E-state index < -0.39 is 0 Å². The van der Waals surface area contributed by atoms with Crippen molar-refractivity contribution in [3.05, 3.63) is 53.4 Å². The first-order valence-electron chi connectivity index (χ1n) is 12.4. The van der Waals surface area contributed by atoms with E-state index in [1.54, 1.807) is 4.90 Å². The van der Waals surface area contributed by atoms with Crippen LogP contribution in [0, 0.1) is 0 Å². The number of piperazine rings is 1. The minimum atomic E-state index is -0.127. The molecule has 2 aliphatic rings. The average Bonchev–Trinajstić information content (AvgIpc) is 3.32. The second-order valence-electron chi connectivity index (χ2n) is 10.2. The minimum absolute atomic E-state index is 0.127. The SMILES string of the molecule is CN1C(=O)CC(C)(C)c2ccc(OCCCCN3CCN(c4cccc5sccc45)CC3)cc21. The molecule has 0 spiro atoms. The van der Waals surface area contributed by atoms with Crippen LogP contribution in [0.2, 0.25) is 0 Å². The predicted octanol–water partition coefficient (Wildman–Crippen LogP) is 5.53. The number of fused-ring (bicyclic) bond motifs is 2. The Hall–Kier alpha value is -2.57. The highest BCUT2D eigenvalue weighted by atomic mass is 32.1. The van der Waals surface area contributed by atoms with Gasteiger partial charge in [0.05, 0.1) is 12.3 Å². The molecule has 1 amide bonds. The molecule has 0 bridgehead atoms. The van der Waals surface area contributed by atoms with Crippen LogP contribution >= 0.6 is 11.3 Å². The number of rotatable bonds is 7. The van der Waals surface area contributed by atoms with Gasteiger partial charge in [0, 0.05) is 66.9 Å². The predicted molar refractivity (Wildman–Crippen MR) is 143 cm³/mol. The van der Waals surface area contributed by atoms with Gasteiger partial charge in [-0.05, 0) is 54.6 Å². The van der Waals surface area contributed by atoms with E-state index in [0.29, 0.717) is 13.0 Å². The summed E-state index contributed by atoms with van der Waals surface area (Å²) in [5.74, 6) is 1.02. The standard InChI is InChI=1S/C28H35N3O2S/c1-28(2)20-27(32)29(3)25-19-21(9-10-23(25)28)33-17-5-4-12-30-13-15-31(16-14-30)24-7-6-8-26-22(24)11-18-34-26/h6-11,18-19H,4-5,12-17,20H2,1-3H3. The minimum Gasteiger partial charge on any atom is -0.494 e. The molecular weight excluding hydrogens is 442 g/mol. The highest BCUT2D eigenvalue weighted by Gasteiger charge is 2.35. The van der Waals surface area contributed by atoms with Gasteiger partial charge in [-0.3, -0.25) is 9.69 Å². The third kappa shape index (κ3) is 4.66. The monoisotopic (exact) mass is 477 g/mol. The molecule has 3 aromatic rings. The molecule has 0 aliphatic carbocycles. The van der Waals surface area contributed by atoms with Crippen molar-refractivity contribution < 1.29 is 9.53 Å². The van der Waals surface area contributed by atoms with Crippen molar-refractivity contribution in [1.29, 1.82) is 0 Å². The molecule has 0 atom stereocenters. The Morgan fingerprint density at radius 3 is 2.65 bits per heavy atom. The molecule has 0 unspecified atom stereocenters. The normalized spacial score (nSPS) is 18.4. The fraction of sp³-hybridized carbons (Fsp3) is 0.464. The molecule has 34 heavy (non-hydrogen) atoms. The van der Waals surface area contributed by atoms with Crippen LogP contribution in [0.15, 0.2) is 47.8 Å². The van der Waals surface area contributed by atoms with Gasteiger partial charge in [-0.15, -0.1) is 11.3 Å². The summed E-state index contributed by atoms with van der Waals surface area (Å²) in [6.07, 6.45) is 2.72. The Morgan fingerprint density at radius 2 is 1.82 bits per heavy atom. The number of anilines is 2. The van der Waals surface area contributed by atoms with E-state index in [1.165, 1.54) is 21.3 Å². The van der Waals surface area contributed by atoms with E-state index in [2.05, 4.69) is 65.4 Å². The Bertz CT molecular complexity index is 1160. The van der Waals surface area contributed by atoms with Crippen molar-refractivity contribution in [2.75, 3.05) is 56.2 Å². The number of benzene rings is 2. The smallest absolute Gasteiger partial charge is 0.227 e. The second-order valence-corrected chi connectivity index (χ2v) is 11.1. The van der Waals surface area contributed by atoms with Crippen LogP contribution < -0.4 is 14.5 Å². The van der Waals surface area contributed by atoms with E-state index >= 15 is 0 Å². The molecular formula is C28H35N3O2S. The number of thiophene rings is 1. The molecule has 0 saturated carbocycles. The summed E-state index contributed by atoms with van der Waals surface area (Å²) >= 11 is 1.82. The molecule has 0 radical (unpaired) electrons. The lowest BCUT2D eigenvalue weighted by Gasteiger charge is -2.37. The van der Waals surface area contributed by atoms with Crippen LogP contribution in [0.4, 0.5) is 11.4 Å². The molecule has 3 heterocycles. The summed E-state index contributed by atoms with van der Waals surface area (Å²) in [4.78, 5) is 19.2. The van der Waals surface area contributed by atoms with Crippen LogP contribution in [0.5, 0.6) is 5.75 Å². The van der Waals surface area contributed by atoms with Crippen LogP contribution in [-0.2, 0) is 10.2 Å². The number of carbonyl (C=O) groups is 1. The number of hydrogen-bond donors (Lipinski definition) is 0. The zero-order valence-corrected chi connectivity index (χ0v) is 21.4. The van der Waals surface area contributed by atoms with Crippen molar-refractivity contribution in [2.45, 2.75) is 38.5 Å². The number of amides is 1. The maximum atomic E-state index is 12.4. The summed E-state index contributed by atoms with van der Waals surface area (Å²) in [6.45, 7) is 10.5. The van der Waals surface area contributed by atoms with E-state index in [9.17, 15) is 4.79 Å². The zero-order chi connectivity index (χ0) is 23.7. The quantitative estimate of drug-likeness (QED) is 0.420. The molecule has 1 fully saturated rings. The third-order valence-electron chi connectivity index (χ3n) is 7.35. The molecule has 5 rings (SSSR count). The molecule has 6 heteroatoms. The fourth-order valence-corrected chi connectivity index (χ4v) is 6.08. The Morgan fingerprint density at radius 1 is 1.00 bits per heavy atom. The maximum absolute atomic E-state index is 12.4. The van der Waals surface area contributed by atoms with E-state index in [1.807, 2.05) is 24.5 Å². The van der Waals surface area contributed by atoms with E-state index in [0.717, 1.165) is 57.0 Å². The lowest BCUT2D eigenvalue weighted by atomic mass is 9.77. The largest absolute Gasteiger partial charge is 0.494 e. The lowest BCUT2D eigenvalue weighted by molar-refractivity contribution is -0.119. The molecule has 180 valence electrons. The molecule has 0 N–H and O–H groups in total. The number of hydrogen-bond acceptors (Lipinski definition) is 5. The van der Waals surface area contributed by atoms with Gasteiger partial charge in [-0.1, -0.05) is 26.0 Å². The Kier molecular flexibility index (Phi) is 6.54. The topological polar surface area (TPSA) is 36.0 Å². The average molecular weight is 478 g/mol. The van der Waals surface area contributed by atoms with Gasteiger partial charge in [0.15, 0.2) is 0 Å². The van der Waals surface area contributed by atoms with Crippen molar-refractivity contribution in [2.24, 2.45) is 0 Å². The van der Waals surface area contributed by atoms with E-state index in [4.69, 9.17) is 4.74 Å². The van der Waals surface area contributed by atoms with Crippen LogP contribution in [-0.4, -0.2) is 57.2 Å². The Balaban J connectivity index is 1.07. The van der Waals surface area contributed by atoms with Gasteiger partial charge in [0.25, 0.3) is 0 Å². The molecule has 2 aliphatic heterocycles. The van der Waals surface area contributed by atoms with Gasteiger partial charge >= 0.3 is 0 Å². The first-order valence-corrected chi connectivity index (χ1v) is 13.3. The van der Waals surface area contributed by atoms with Crippen LogP contribution in [0.25, 0.3) is 10.1 Å². The number of nitrogens with zero attached hydrogens (tertiary/aromatic N) is 3. The highest BCUT2D eigenvalue weighted by Crippen LogP contribution is 2.41. The van der Waals surface area contributed by atoms with Crippen LogP contribution in [0.1, 0.15) is 38.7 Å². The number of unbranched alkanes of at least 4 members (excludes halogenated alkanes) is 1. The van der Waals surface area contributed by atoms with Crippen LogP contribution in [0.3, 0.4) is 0 Å². The first kappa shape index (κ1) is 23.2. The zero-order valence-electron chi connectivity index (χ0n) is 20.5. The van der Waals surface area contributed by atoms with Crippen molar-refractivity contribution >= 4 is 38.7 Å². The summed E-state index contributed by atoms with van der Waals surface area (Å²) in [5, 5.41) is 3.58. The summed E-state index contributed by atoms with van der Waals surface area (Å²) in [5.41, 5.74) is 3.45. The fourth-order valence-electron chi connectivity index (χ4n) is 5.27. The van der Waals surface area contributed by atoms with Crippen molar-refractivity contribution in [3.8, 4) is 5.75 Å². The van der Waals surface area contributed by atoms with Gasteiger partial charge in [-0.25, -0.2) is 0 Å². The molecule has 5 nitrogen and oxygen atoms in total. The molecule has 1 aromatic heterocycles. The maximum Gasteiger partial charge on any atom is 0.227 e. The van der Waals surface area contributed by atoms with Gasteiger partial charge in [0.2, 0.25) is 5.91 Å². The number of carbonyl (C=O) groups excluding carboxylic acids is 1. The van der Waals surface area contributed by atoms with Crippen molar-refractivity contribution in [3.63, 3.8) is 0 Å². The van der Waals surface area contributed by atoms with Gasteiger partial charge < -0.3 is 14.5 Å². The lowest BCUT2D eigenvalue weighted by Crippen LogP contribution is -2.46. The third-order valence-corrected chi connectivity index (χ3v) is 8.23. The Labute approximate surface area is 206 Å². The summed E-state index contributed by atoms with van der Waals surface area (Å²) in [6, 6.07) is 15.1. The molecule has 1 saturated heterocycles. The highest BCUT2D eigenvalue weighted by molar-refractivity contribution is 7.17. The summed E-state index contributed by atoms with van der Waals surface area (Å²) < 4.78 is 7.43. The summed E-state index contributed by atoms with van der Waals surface area (Å²) in [7, 11) is 1.86. The second kappa shape index (κ2) is 9.59. The first-order chi connectivity index (χ1) is 16.4. The molecule has 2 aromatic carbocycles. The van der Waals surface area contributed by atoms with Gasteiger partial charge in [0.1, 0.15) is 5.75 Å². The van der Waals surface area contributed by atoms with E-state index in [-0.39, 0.29) is 11.3 Å². The number of ether oxygens (including phenoxy) is 1. The van der Waals surface area contributed by atoms with Gasteiger partial charge in [-0.2, -0.15) is 0 Å².